The zero-order chi connectivity index (χ0) is 20.4. The van der Waals surface area contributed by atoms with Gasteiger partial charge in [0.25, 0.3) is 5.56 Å². The molecule has 1 N–H and O–H groups in total. The maximum Gasteiger partial charge on any atom is 0.251 e. The van der Waals surface area contributed by atoms with E-state index in [1.807, 2.05) is 25.1 Å². The average molecular weight is 390 g/mol. The predicted molar refractivity (Wildman–Crippen MR) is 113 cm³/mol. The first kappa shape index (κ1) is 19.4. The molecule has 1 unspecified atom stereocenters. The third kappa shape index (κ3) is 4.26. The Hall–Kier alpha value is -2.90. The van der Waals surface area contributed by atoms with Crippen LogP contribution in [0.25, 0.3) is 22.8 Å². The summed E-state index contributed by atoms with van der Waals surface area (Å²) in [5.41, 5.74) is 3.82. The van der Waals surface area contributed by atoms with Crippen molar-refractivity contribution in [1.82, 2.24) is 29.7 Å². The number of benzene rings is 1. The molecule has 0 radical (unpaired) electrons. The van der Waals surface area contributed by atoms with Gasteiger partial charge in [0.2, 0.25) is 0 Å². The highest BCUT2D eigenvalue weighted by Crippen LogP contribution is 2.25. The summed E-state index contributed by atoms with van der Waals surface area (Å²) < 4.78 is 0. The maximum absolute atomic E-state index is 12.4. The van der Waals surface area contributed by atoms with E-state index in [0.29, 0.717) is 23.3 Å². The quantitative estimate of drug-likeness (QED) is 0.721. The molecular weight excluding hydrogens is 364 g/mol. The summed E-state index contributed by atoms with van der Waals surface area (Å²) in [6, 6.07) is 10.2. The van der Waals surface area contributed by atoms with E-state index in [0.717, 1.165) is 36.5 Å². The molecule has 1 fully saturated rings. The van der Waals surface area contributed by atoms with Crippen molar-refractivity contribution in [2.75, 3.05) is 27.2 Å². The van der Waals surface area contributed by atoms with Crippen LogP contribution < -0.4 is 5.56 Å². The van der Waals surface area contributed by atoms with E-state index in [9.17, 15) is 4.79 Å². The third-order valence-electron chi connectivity index (χ3n) is 5.51. The van der Waals surface area contributed by atoms with E-state index in [4.69, 9.17) is 4.98 Å². The summed E-state index contributed by atoms with van der Waals surface area (Å²) in [5, 5.41) is 0. The SMILES string of the molecule is Cc1nccnc1-c1cc(=O)[nH]c(-c2ccccc2CN2CCC(N(C)C)C2)n1. The molecule has 3 heterocycles. The Morgan fingerprint density at radius 2 is 2.00 bits per heavy atom. The lowest BCUT2D eigenvalue weighted by Crippen LogP contribution is -2.31. The molecule has 0 spiro atoms. The number of aromatic nitrogens is 4. The Balaban J connectivity index is 1.68. The molecule has 3 aromatic rings. The van der Waals surface area contributed by atoms with Crippen molar-refractivity contribution in [3.05, 3.63) is 64.3 Å². The number of likely N-dealkylation sites (N-methyl/N-ethyl adjacent to an activating group) is 1. The van der Waals surface area contributed by atoms with E-state index in [2.05, 4.69) is 44.9 Å². The van der Waals surface area contributed by atoms with Crippen LogP contribution in [0, 0.1) is 6.92 Å². The molecule has 1 aromatic carbocycles. The molecule has 2 aromatic heterocycles. The van der Waals surface area contributed by atoms with Gasteiger partial charge in [0.15, 0.2) is 0 Å². The second kappa shape index (κ2) is 8.23. The number of likely N-dealkylation sites (tertiary alicyclic amines) is 1. The molecule has 4 rings (SSSR count). The largest absolute Gasteiger partial charge is 0.306 e. The molecule has 150 valence electrons. The number of hydrogen-bond donors (Lipinski definition) is 1. The normalized spacial score (nSPS) is 17.2. The summed E-state index contributed by atoms with van der Waals surface area (Å²) in [5.74, 6) is 0.566. The number of H-pyrrole nitrogens is 1. The number of aryl methyl sites for hydroxylation is 1. The lowest BCUT2D eigenvalue weighted by Gasteiger charge is -2.21. The number of hydrogen-bond acceptors (Lipinski definition) is 6. The highest BCUT2D eigenvalue weighted by Gasteiger charge is 2.24. The first-order chi connectivity index (χ1) is 14.0. The Bertz CT molecular complexity index is 1060. The standard InChI is InChI=1S/C22H26N6O/c1-15-21(24-10-9-23-15)19-12-20(29)26-22(25-19)18-7-5-4-6-16(18)13-28-11-8-17(14-28)27(2)3/h4-7,9-10,12,17H,8,11,13-14H2,1-3H3,(H,25,26,29). The molecule has 0 aliphatic carbocycles. The Labute approximate surface area is 170 Å². The Morgan fingerprint density at radius 1 is 1.21 bits per heavy atom. The van der Waals surface area contributed by atoms with Crippen LogP contribution in [-0.2, 0) is 6.54 Å². The monoisotopic (exact) mass is 390 g/mol. The van der Waals surface area contributed by atoms with Crippen LogP contribution in [0.5, 0.6) is 0 Å². The minimum Gasteiger partial charge on any atom is -0.306 e. The third-order valence-corrected chi connectivity index (χ3v) is 5.51. The van der Waals surface area contributed by atoms with Gasteiger partial charge in [-0.2, -0.15) is 0 Å². The molecule has 0 saturated carbocycles. The van der Waals surface area contributed by atoms with Crippen LogP contribution in [0.3, 0.4) is 0 Å². The van der Waals surface area contributed by atoms with Crippen LogP contribution in [0.4, 0.5) is 0 Å². The highest BCUT2D eigenvalue weighted by molar-refractivity contribution is 5.64. The summed E-state index contributed by atoms with van der Waals surface area (Å²) in [4.78, 5) is 33.4. The van der Waals surface area contributed by atoms with E-state index in [-0.39, 0.29) is 5.56 Å². The van der Waals surface area contributed by atoms with Crippen molar-refractivity contribution < 1.29 is 0 Å². The van der Waals surface area contributed by atoms with Crippen molar-refractivity contribution in [1.29, 1.82) is 0 Å². The topological polar surface area (TPSA) is 78.0 Å². The van der Waals surface area contributed by atoms with E-state index >= 15 is 0 Å². The fourth-order valence-electron chi connectivity index (χ4n) is 3.87. The summed E-state index contributed by atoms with van der Waals surface area (Å²) in [7, 11) is 4.27. The maximum atomic E-state index is 12.4. The highest BCUT2D eigenvalue weighted by atomic mass is 16.1. The van der Waals surface area contributed by atoms with Crippen molar-refractivity contribution in [2.24, 2.45) is 0 Å². The first-order valence-electron chi connectivity index (χ1n) is 9.87. The number of aromatic amines is 1. The smallest absolute Gasteiger partial charge is 0.251 e. The summed E-state index contributed by atoms with van der Waals surface area (Å²) >= 11 is 0. The minimum atomic E-state index is -0.196. The molecule has 1 aliphatic heterocycles. The van der Waals surface area contributed by atoms with E-state index in [1.165, 1.54) is 12.5 Å². The molecule has 7 nitrogen and oxygen atoms in total. The summed E-state index contributed by atoms with van der Waals surface area (Å²) in [6.07, 6.45) is 4.43. The van der Waals surface area contributed by atoms with Crippen molar-refractivity contribution in [3.8, 4) is 22.8 Å². The van der Waals surface area contributed by atoms with Gasteiger partial charge in [-0.05, 0) is 33.0 Å². The zero-order valence-corrected chi connectivity index (χ0v) is 17.1. The first-order valence-corrected chi connectivity index (χ1v) is 9.87. The van der Waals surface area contributed by atoms with Gasteiger partial charge in [0.05, 0.1) is 11.4 Å². The lowest BCUT2D eigenvalue weighted by molar-refractivity contribution is 0.265. The lowest BCUT2D eigenvalue weighted by atomic mass is 10.1. The van der Waals surface area contributed by atoms with Gasteiger partial charge in [-0.1, -0.05) is 24.3 Å². The van der Waals surface area contributed by atoms with Crippen molar-refractivity contribution in [3.63, 3.8) is 0 Å². The molecule has 0 bridgehead atoms. The van der Waals surface area contributed by atoms with Gasteiger partial charge >= 0.3 is 0 Å². The van der Waals surface area contributed by atoms with Crippen LogP contribution in [0.1, 0.15) is 17.7 Å². The van der Waals surface area contributed by atoms with Gasteiger partial charge in [-0.15, -0.1) is 0 Å². The van der Waals surface area contributed by atoms with Gasteiger partial charge in [0, 0.05) is 49.7 Å². The summed E-state index contributed by atoms with van der Waals surface area (Å²) in [6.45, 7) is 4.82. The molecule has 1 aliphatic rings. The van der Waals surface area contributed by atoms with Crippen molar-refractivity contribution in [2.45, 2.75) is 25.9 Å². The second-order valence-electron chi connectivity index (χ2n) is 7.77. The van der Waals surface area contributed by atoms with Crippen LogP contribution >= 0.6 is 0 Å². The van der Waals surface area contributed by atoms with Gasteiger partial charge in [0.1, 0.15) is 11.5 Å². The Kier molecular flexibility index (Phi) is 5.51. The van der Waals surface area contributed by atoms with Gasteiger partial charge in [-0.3, -0.25) is 19.7 Å². The number of nitrogens with zero attached hydrogens (tertiary/aromatic N) is 5. The zero-order valence-electron chi connectivity index (χ0n) is 17.1. The average Bonchev–Trinajstić information content (AvgIpc) is 3.17. The van der Waals surface area contributed by atoms with E-state index in [1.54, 1.807) is 12.4 Å². The fraction of sp³-hybridized carbons (Fsp3) is 0.364. The molecule has 1 saturated heterocycles. The number of nitrogens with one attached hydrogen (secondary N) is 1. The van der Waals surface area contributed by atoms with Crippen LogP contribution in [0.2, 0.25) is 0 Å². The molecule has 29 heavy (non-hydrogen) atoms. The molecule has 7 heteroatoms. The Morgan fingerprint density at radius 3 is 2.76 bits per heavy atom. The minimum absolute atomic E-state index is 0.196. The van der Waals surface area contributed by atoms with Crippen LogP contribution in [-0.4, -0.2) is 63.0 Å². The number of rotatable bonds is 5. The van der Waals surface area contributed by atoms with Gasteiger partial charge < -0.3 is 9.88 Å². The molecule has 1 atom stereocenters. The fourth-order valence-corrected chi connectivity index (χ4v) is 3.87. The van der Waals surface area contributed by atoms with Crippen LogP contribution in [0.15, 0.2) is 47.5 Å². The molecule has 0 amide bonds. The van der Waals surface area contributed by atoms with Gasteiger partial charge in [-0.25, -0.2) is 4.98 Å². The van der Waals surface area contributed by atoms with E-state index < -0.39 is 0 Å². The second-order valence-corrected chi connectivity index (χ2v) is 7.77. The predicted octanol–water partition coefficient (Wildman–Crippen LogP) is 2.34. The molecular formula is C22H26N6O. The van der Waals surface area contributed by atoms with Crippen molar-refractivity contribution >= 4 is 0 Å².